The number of carbonyl (C=O) groups is 1. The standard InChI is InChI=1S/C24H30N2O/c27-24(16-19-14-22-11-12-23(15-19)26-22)25-17-21(20-9-5-2-6-10-20)13-18-7-3-1-4-8-18/h1-10,19,21-23,26H,11-17H2,(H,25,27). The van der Waals surface area contributed by atoms with E-state index in [9.17, 15) is 4.79 Å². The zero-order chi connectivity index (χ0) is 18.5. The molecule has 0 saturated carbocycles. The molecule has 3 heteroatoms. The molecule has 3 unspecified atom stereocenters. The highest BCUT2D eigenvalue weighted by molar-refractivity contribution is 5.76. The SMILES string of the molecule is O=C(CC1CC2CCC(C1)N2)NCC(Cc1ccccc1)c1ccccc1. The lowest BCUT2D eigenvalue weighted by atomic mass is 9.89. The summed E-state index contributed by atoms with van der Waals surface area (Å²) in [4.78, 5) is 12.6. The van der Waals surface area contributed by atoms with Gasteiger partial charge in [-0.25, -0.2) is 0 Å². The lowest BCUT2D eigenvalue weighted by molar-refractivity contribution is -0.122. The molecule has 2 aromatic carbocycles. The maximum absolute atomic E-state index is 12.6. The third-order valence-electron chi connectivity index (χ3n) is 6.19. The molecule has 1 amide bonds. The van der Waals surface area contributed by atoms with Crippen molar-refractivity contribution in [3.05, 3.63) is 71.8 Å². The van der Waals surface area contributed by atoms with Gasteiger partial charge in [-0.3, -0.25) is 4.79 Å². The van der Waals surface area contributed by atoms with Crippen LogP contribution in [0.1, 0.15) is 49.1 Å². The number of fused-ring (bicyclic) bond motifs is 2. The molecule has 2 N–H and O–H groups in total. The number of benzene rings is 2. The minimum absolute atomic E-state index is 0.218. The summed E-state index contributed by atoms with van der Waals surface area (Å²) in [5, 5.41) is 6.90. The van der Waals surface area contributed by atoms with Crippen LogP contribution in [0, 0.1) is 5.92 Å². The quantitative estimate of drug-likeness (QED) is 0.780. The van der Waals surface area contributed by atoms with E-state index in [-0.39, 0.29) is 5.91 Å². The Morgan fingerprint density at radius 3 is 2.26 bits per heavy atom. The van der Waals surface area contributed by atoms with E-state index in [2.05, 4.69) is 65.2 Å². The lowest BCUT2D eigenvalue weighted by Gasteiger charge is -2.29. The van der Waals surface area contributed by atoms with Crippen LogP contribution in [0.3, 0.4) is 0 Å². The zero-order valence-electron chi connectivity index (χ0n) is 15.9. The number of piperidine rings is 1. The summed E-state index contributed by atoms with van der Waals surface area (Å²) in [7, 11) is 0. The largest absolute Gasteiger partial charge is 0.355 e. The Labute approximate surface area is 162 Å². The van der Waals surface area contributed by atoms with E-state index in [0.29, 0.717) is 36.9 Å². The van der Waals surface area contributed by atoms with Gasteiger partial charge in [-0.15, -0.1) is 0 Å². The highest BCUT2D eigenvalue weighted by Crippen LogP contribution is 2.32. The third-order valence-corrected chi connectivity index (χ3v) is 6.19. The molecule has 3 nitrogen and oxygen atoms in total. The third kappa shape index (κ3) is 4.98. The number of hydrogen-bond acceptors (Lipinski definition) is 2. The van der Waals surface area contributed by atoms with Crippen molar-refractivity contribution in [2.75, 3.05) is 6.54 Å². The van der Waals surface area contributed by atoms with Crippen molar-refractivity contribution in [3.8, 4) is 0 Å². The van der Waals surface area contributed by atoms with Gasteiger partial charge in [-0.1, -0.05) is 60.7 Å². The molecule has 2 aromatic rings. The van der Waals surface area contributed by atoms with E-state index in [0.717, 1.165) is 19.3 Å². The van der Waals surface area contributed by atoms with E-state index in [4.69, 9.17) is 0 Å². The average Bonchev–Trinajstić information content (AvgIpc) is 3.05. The fourth-order valence-corrected chi connectivity index (χ4v) is 4.84. The Kier molecular flexibility index (Phi) is 5.88. The van der Waals surface area contributed by atoms with Crippen molar-refractivity contribution in [1.82, 2.24) is 10.6 Å². The minimum atomic E-state index is 0.218. The van der Waals surface area contributed by atoms with Crippen molar-refractivity contribution in [2.24, 2.45) is 5.92 Å². The maximum Gasteiger partial charge on any atom is 0.220 e. The molecule has 0 spiro atoms. The molecule has 0 aliphatic carbocycles. The van der Waals surface area contributed by atoms with E-state index in [1.807, 2.05) is 6.07 Å². The van der Waals surface area contributed by atoms with E-state index < -0.39 is 0 Å². The van der Waals surface area contributed by atoms with Crippen LogP contribution in [0.4, 0.5) is 0 Å². The van der Waals surface area contributed by atoms with Crippen LogP contribution in [0.5, 0.6) is 0 Å². The highest BCUT2D eigenvalue weighted by Gasteiger charge is 2.34. The number of hydrogen-bond donors (Lipinski definition) is 2. The Bertz CT molecular complexity index is 719. The van der Waals surface area contributed by atoms with Crippen LogP contribution in [0.2, 0.25) is 0 Å². The van der Waals surface area contributed by atoms with E-state index in [1.165, 1.54) is 24.0 Å². The first kappa shape index (κ1) is 18.2. The number of nitrogens with one attached hydrogen (secondary N) is 2. The topological polar surface area (TPSA) is 41.1 Å². The van der Waals surface area contributed by atoms with Crippen LogP contribution < -0.4 is 10.6 Å². The first-order chi connectivity index (χ1) is 13.3. The maximum atomic E-state index is 12.6. The Hall–Kier alpha value is -2.13. The molecule has 2 heterocycles. The van der Waals surface area contributed by atoms with Gasteiger partial charge in [0.05, 0.1) is 0 Å². The molecule has 2 bridgehead atoms. The van der Waals surface area contributed by atoms with E-state index in [1.54, 1.807) is 0 Å². The Morgan fingerprint density at radius 1 is 0.963 bits per heavy atom. The summed E-state index contributed by atoms with van der Waals surface area (Å²) in [5.74, 6) is 1.07. The molecule has 2 saturated heterocycles. The van der Waals surface area contributed by atoms with Gasteiger partial charge in [0.15, 0.2) is 0 Å². The fraction of sp³-hybridized carbons (Fsp3) is 0.458. The molecule has 3 atom stereocenters. The molecule has 2 fully saturated rings. The minimum Gasteiger partial charge on any atom is -0.355 e. The Morgan fingerprint density at radius 2 is 1.59 bits per heavy atom. The molecule has 142 valence electrons. The molecule has 4 rings (SSSR count). The summed E-state index contributed by atoms with van der Waals surface area (Å²) in [6, 6.07) is 22.4. The molecule has 0 aromatic heterocycles. The predicted molar refractivity (Wildman–Crippen MR) is 110 cm³/mol. The van der Waals surface area contributed by atoms with E-state index >= 15 is 0 Å². The van der Waals surface area contributed by atoms with Gasteiger partial charge in [-0.2, -0.15) is 0 Å². The van der Waals surface area contributed by atoms with Crippen molar-refractivity contribution >= 4 is 5.91 Å². The van der Waals surface area contributed by atoms with Gasteiger partial charge in [0.1, 0.15) is 0 Å². The first-order valence-electron chi connectivity index (χ1n) is 10.4. The van der Waals surface area contributed by atoms with Crippen LogP contribution >= 0.6 is 0 Å². The molecule has 2 aliphatic rings. The second-order valence-corrected chi connectivity index (χ2v) is 8.28. The van der Waals surface area contributed by atoms with Crippen LogP contribution in [-0.2, 0) is 11.2 Å². The summed E-state index contributed by atoms with van der Waals surface area (Å²) in [6.45, 7) is 0.704. The Balaban J connectivity index is 1.34. The zero-order valence-corrected chi connectivity index (χ0v) is 15.9. The van der Waals surface area contributed by atoms with Gasteiger partial charge < -0.3 is 10.6 Å². The van der Waals surface area contributed by atoms with Crippen LogP contribution in [-0.4, -0.2) is 24.5 Å². The van der Waals surface area contributed by atoms with Gasteiger partial charge in [0, 0.05) is 31.0 Å². The normalized spacial score (nSPS) is 25.1. The van der Waals surface area contributed by atoms with Crippen molar-refractivity contribution in [3.63, 3.8) is 0 Å². The first-order valence-corrected chi connectivity index (χ1v) is 10.4. The summed E-state index contributed by atoms with van der Waals surface area (Å²) >= 11 is 0. The summed E-state index contributed by atoms with van der Waals surface area (Å²) in [6.07, 6.45) is 6.53. The smallest absolute Gasteiger partial charge is 0.220 e. The summed E-state index contributed by atoms with van der Waals surface area (Å²) < 4.78 is 0. The van der Waals surface area contributed by atoms with Crippen molar-refractivity contribution in [2.45, 2.75) is 56.5 Å². The fourth-order valence-electron chi connectivity index (χ4n) is 4.84. The molecule has 2 aliphatic heterocycles. The number of amides is 1. The van der Waals surface area contributed by atoms with Gasteiger partial charge in [0.25, 0.3) is 0 Å². The van der Waals surface area contributed by atoms with Crippen LogP contribution in [0.15, 0.2) is 60.7 Å². The second-order valence-electron chi connectivity index (χ2n) is 8.28. The highest BCUT2D eigenvalue weighted by atomic mass is 16.1. The molecule has 27 heavy (non-hydrogen) atoms. The predicted octanol–water partition coefficient (Wildman–Crippen LogP) is 4.05. The lowest BCUT2D eigenvalue weighted by Crippen LogP contribution is -2.40. The van der Waals surface area contributed by atoms with Gasteiger partial charge >= 0.3 is 0 Å². The molecular weight excluding hydrogens is 332 g/mol. The van der Waals surface area contributed by atoms with Crippen LogP contribution in [0.25, 0.3) is 0 Å². The molecule has 0 radical (unpaired) electrons. The molecular formula is C24H30N2O. The summed E-state index contributed by atoms with van der Waals surface area (Å²) in [5.41, 5.74) is 2.61. The average molecular weight is 363 g/mol. The van der Waals surface area contributed by atoms with Crippen molar-refractivity contribution in [1.29, 1.82) is 0 Å². The number of carbonyl (C=O) groups excluding carboxylic acids is 1. The van der Waals surface area contributed by atoms with Gasteiger partial charge in [0.2, 0.25) is 5.91 Å². The van der Waals surface area contributed by atoms with Crippen molar-refractivity contribution < 1.29 is 4.79 Å². The van der Waals surface area contributed by atoms with Gasteiger partial charge in [-0.05, 0) is 49.1 Å². The monoisotopic (exact) mass is 362 g/mol. The number of rotatable bonds is 7. The second kappa shape index (κ2) is 8.71.